The lowest BCUT2D eigenvalue weighted by Crippen LogP contribution is -2.34. The number of hydrogen-bond donors (Lipinski definition) is 2. The van der Waals surface area contributed by atoms with E-state index in [1.54, 1.807) is 0 Å². The van der Waals surface area contributed by atoms with Crippen LogP contribution in [-0.4, -0.2) is 15.4 Å². The highest BCUT2D eigenvalue weighted by Gasteiger charge is 2.22. The SMILES string of the molecule is IN1C=C(C2C=CNN2)C=NC1c1ccccc1. The number of hydrazine groups is 1. The molecule has 2 unspecified atom stereocenters. The summed E-state index contributed by atoms with van der Waals surface area (Å²) in [6.07, 6.45) is 8.11. The molecule has 5 heteroatoms. The lowest BCUT2D eigenvalue weighted by Gasteiger charge is -2.27. The molecule has 92 valence electrons. The van der Waals surface area contributed by atoms with Crippen LogP contribution in [0.4, 0.5) is 0 Å². The van der Waals surface area contributed by atoms with Gasteiger partial charge in [-0.05, 0) is 11.6 Å². The van der Waals surface area contributed by atoms with Gasteiger partial charge in [-0.15, -0.1) is 0 Å². The maximum absolute atomic E-state index is 4.63. The van der Waals surface area contributed by atoms with E-state index < -0.39 is 0 Å². The van der Waals surface area contributed by atoms with Crippen molar-refractivity contribution in [2.24, 2.45) is 4.99 Å². The van der Waals surface area contributed by atoms with Crippen molar-refractivity contribution in [2.75, 3.05) is 0 Å². The van der Waals surface area contributed by atoms with E-state index in [1.165, 1.54) is 5.56 Å². The molecule has 1 aromatic carbocycles. The van der Waals surface area contributed by atoms with Gasteiger partial charge in [0.25, 0.3) is 0 Å². The van der Waals surface area contributed by atoms with Crippen molar-refractivity contribution in [1.29, 1.82) is 0 Å². The summed E-state index contributed by atoms with van der Waals surface area (Å²) in [6.45, 7) is 0. The fourth-order valence-corrected chi connectivity index (χ4v) is 2.79. The average molecular weight is 352 g/mol. The summed E-state index contributed by atoms with van der Waals surface area (Å²) < 4.78 is 2.11. The monoisotopic (exact) mass is 352 g/mol. The summed E-state index contributed by atoms with van der Waals surface area (Å²) in [5.41, 5.74) is 8.48. The van der Waals surface area contributed by atoms with Crippen molar-refractivity contribution in [2.45, 2.75) is 12.2 Å². The molecule has 4 nitrogen and oxygen atoms in total. The fourth-order valence-electron chi connectivity index (χ4n) is 2.01. The minimum atomic E-state index is 0.0638. The molecule has 18 heavy (non-hydrogen) atoms. The maximum Gasteiger partial charge on any atom is 0.155 e. The Labute approximate surface area is 120 Å². The average Bonchev–Trinajstić information content (AvgIpc) is 2.93. The summed E-state index contributed by atoms with van der Waals surface area (Å²) in [5, 5.41) is 0. The van der Waals surface area contributed by atoms with E-state index in [2.05, 4.69) is 66.2 Å². The molecule has 2 heterocycles. The molecule has 2 aliphatic rings. The molecule has 3 rings (SSSR count). The van der Waals surface area contributed by atoms with Crippen LogP contribution in [0.2, 0.25) is 0 Å². The zero-order valence-electron chi connectivity index (χ0n) is 9.62. The Morgan fingerprint density at radius 3 is 2.72 bits per heavy atom. The summed E-state index contributed by atoms with van der Waals surface area (Å²) in [7, 11) is 0. The Morgan fingerprint density at radius 1 is 1.22 bits per heavy atom. The first kappa shape index (κ1) is 11.7. The Kier molecular flexibility index (Phi) is 3.33. The van der Waals surface area contributed by atoms with Crippen molar-refractivity contribution in [3.63, 3.8) is 0 Å². The molecule has 2 N–H and O–H groups in total. The number of rotatable bonds is 2. The van der Waals surface area contributed by atoms with Crippen molar-refractivity contribution in [1.82, 2.24) is 14.0 Å². The molecule has 0 saturated heterocycles. The predicted octanol–water partition coefficient (Wildman–Crippen LogP) is 2.30. The molecule has 0 bridgehead atoms. The fraction of sp³-hybridized carbons (Fsp3) is 0.154. The molecule has 0 fully saturated rings. The van der Waals surface area contributed by atoms with E-state index in [4.69, 9.17) is 0 Å². The third-order valence-corrected chi connectivity index (χ3v) is 3.74. The van der Waals surface area contributed by atoms with Crippen LogP contribution in [0.1, 0.15) is 11.7 Å². The van der Waals surface area contributed by atoms with Gasteiger partial charge in [-0.2, -0.15) is 0 Å². The molecule has 0 radical (unpaired) electrons. The third-order valence-electron chi connectivity index (χ3n) is 2.94. The third kappa shape index (κ3) is 2.28. The first-order valence-corrected chi connectivity index (χ1v) is 6.73. The lowest BCUT2D eigenvalue weighted by molar-refractivity contribution is 0.495. The van der Waals surface area contributed by atoms with E-state index in [1.807, 2.05) is 30.6 Å². The minimum absolute atomic E-state index is 0.0638. The van der Waals surface area contributed by atoms with E-state index >= 15 is 0 Å². The number of halogens is 1. The highest BCUT2D eigenvalue weighted by Crippen LogP contribution is 2.29. The van der Waals surface area contributed by atoms with Crippen LogP contribution in [-0.2, 0) is 0 Å². The zero-order chi connectivity index (χ0) is 12.4. The standard InChI is InChI=1S/C13H13IN4/c14-18-9-11(12-6-7-16-17-12)8-15-13(18)10-4-2-1-3-5-10/h1-9,12-13,16-17H. The number of hydrogen-bond acceptors (Lipinski definition) is 4. The Hall–Kier alpha value is -1.34. The molecule has 2 aliphatic heterocycles. The van der Waals surface area contributed by atoms with Crippen LogP contribution in [0.25, 0.3) is 0 Å². The first-order valence-electron chi connectivity index (χ1n) is 5.76. The second kappa shape index (κ2) is 5.11. The first-order chi connectivity index (χ1) is 8.84. The Morgan fingerprint density at radius 2 is 2.06 bits per heavy atom. The van der Waals surface area contributed by atoms with Gasteiger partial charge in [0.2, 0.25) is 0 Å². The van der Waals surface area contributed by atoms with Crippen LogP contribution < -0.4 is 10.9 Å². The number of nitrogens with one attached hydrogen (secondary N) is 2. The summed E-state index contributed by atoms with van der Waals surface area (Å²) in [6, 6.07) is 10.5. The van der Waals surface area contributed by atoms with Crippen LogP contribution in [0.3, 0.4) is 0 Å². The maximum atomic E-state index is 4.63. The van der Waals surface area contributed by atoms with Gasteiger partial charge in [0, 0.05) is 24.2 Å². The van der Waals surface area contributed by atoms with Crippen molar-refractivity contribution < 1.29 is 0 Å². The van der Waals surface area contributed by atoms with Crippen LogP contribution in [0, 0.1) is 0 Å². The lowest BCUT2D eigenvalue weighted by atomic mass is 10.1. The topological polar surface area (TPSA) is 39.7 Å². The quantitative estimate of drug-likeness (QED) is 0.634. The van der Waals surface area contributed by atoms with Crippen LogP contribution in [0.5, 0.6) is 0 Å². The zero-order valence-corrected chi connectivity index (χ0v) is 11.8. The molecule has 2 atom stereocenters. The van der Waals surface area contributed by atoms with Crippen molar-refractivity contribution >= 4 is 29.1 Å². The molecule has 0 amide bonds. The normalized spacial score (nSPS) is 26.1. The second-order valence-corrected chi connectivity index (χ2v) is 5.28. The Balaban J connectivity index is 1.80. The highest BCUT2D eigenvalue weighted by atomic mass is 127. The Bertz CT molecular complexity index is 509. The molecular formula is C13H13IN4. The van der Waals surface area contributed by atoms with Crippen LogP contribution in [0.15, 0.2) is 59.4 Å². The van der Waals surface area contributed by atoms with Gasteiger partial charge in [0.1, 0.15) is 0 Å². The van der Waals surface area contributed by atoms with Crippen LogP contribution >= 0.6 is 22.9 Å². The number of aliphatic imine (C=N–C) groups is 1. The van der Waals surface area contributed by atoms with Gasteiger partial charge < -0.3 is 5.43 Å². The molecule has 0 aromatic heterocycles. The van der Waals surface area contributed by atoms with Crippen molar-refractivity contribution in [3.05, 3.63) is 59.9 Å². The predicted molar refractivity (Wildman–Crippen MR) is 80.8 cm³/mol. The van der Waals surface area contributed by atoms with E-state index in [0.717, 1.165) is 5.57 Å². The van der Waals surface area contributed by atoms with Gasteiger partial charge in [0.15, 0.2) is 6.17 Å². The smallest absolute Gasteiger partial charge is 0.155 e. The highest BCUT2D eigenvalue weighted by molar-refractivity contribution is 14.1. The van der Waals surface area contributed by atoms with Crippen molar-refractivity contribution in [3.8, 4) is 0 Å². The molecule has 0 aliphatic carbocycles. The van der Waals surface area contributed by atoms with E-state index in [0.29, 0.717) is 0 Å². The minimum Gasteiger partial charge on any atom is -0.328 e. The second-order valence-electron chi connectivity index (χ2n) is 4.16. The van der Waals surface area contributed by atoms with E-state index in [-0.39, 0.29) is 12.2 Å². The summed E-state index contributed by atoms with van der Waals surface area (Å²) in [4.78, 5) is 4.63. The van der Waals surface area contributed by atoms with Gasteiger partial charge in [-0.1, -0.05) is 30.3 Å². The van der Waals surface area contributed by atoms with Gasteiger partial charge in [-0.25, -0.2) is 5.43 Å². The van der Waals surface area contributed by atoms with Gasteiger partial charge >= 0.3 is 0 Å². The number of benzene rings is 1. The molecular weight excluding hydrogens is 339 g/mol. The largest absolute Gasteiger partial charge is 0.328 e. The molecule has 0 saturated carbocycles. The summed E-state index contributed by atoms with van der Waals surface area (Å²) in [5.74, 6) is 0. The van der Waals surface area contributed by atoms with Gasteiger partial charge in [0.05, 0.1) is 28.9 Å². The molecule has 1 aromatic rings. The molecule has 0 spiro atoms. The summed E-state index contributed by atoms with van der Waals surface area (Å²) >= 11 is 2.29. The number of nitrogens with zero attached hydrogens (tertiary/aromatic N) is 2. The van der Waals surface area contributed by atoms with E-state index in [9.17, 15) is 0 Å². The van der Waals surface area contributed by atoms with Gasteiger partial charge in [-0.3, -0.25) is 8.11 Å².